The molecule has 0 unspecified atom stereocenters. The van der Waals surface area contributed by atoms with Crippen LogP contribution in [0.3, 0.4) is 0 Å². The van der Waals surface area contributed by atoms with E-state index in [0.29, 0.717) is 40.2 Å². The zero-order valence-electron chi connectivity index (χ0n) is 25.1. The lowest BCUT2D eigenvalue weighted by atomic mass is 9.96. The van der Waals surface area contributed by atoms with Gasteiger partial charge in [-0.3, -0.25) is 4.57 Å². The third-order valence-corrected chi connectivity index (χ3v) is 10.1. The maximum absolute atomic E-state index is 11.9. The molecule has 2 aliphatic heterocycles. The second-order valence-electron chi connectivity index (χ2n) is 12.3. The summed E-state index contributed by atoms with van der Waals surface area (Å²) in [6.07, 6.45) is -0.423. The van der Waals surface area contributed by atoms with Crippen LogP contribution in [0.15, 0.2) is 59.0 Å². The van der Waals surface area contributed by atoms with E-state index in [9.17, 15) is 9.32 Å². The van der Waals surface area contributed by atoms with Crippen LogP contribution in [0.2, 0.25) is 30.7 Å². The first-order valence-electron chi connectivity index (χ1n) is 14.5. The Morgan fingerprint density at radius 1 is 1.07 bits per heavy atom. The first-order chi connectivity index (χ1) is 21.1. The molecule has 0 spiro atoms. The van der Waals surface area contributed by atoms with E-state index in [1.165, 1.54) is 6.26 Å². The lowest BCUT2D eigenvalue weighted by Crippen LogP contribution is -2.35. The molecule has 2 aromatic carbocycles. The van der Waals surface area contributed by atoms with Gasteiger partial charge in [0.25, 0.3) is 0 Å². The van der Waals surface area contributed by atoms with Gasteiger partial charge in [0.2, 0.25) is 0 Å². The molecule has 234 valence electrons. The largest absolute Gasteiger partial charge is 0.456 e. The van der Waals surface area contributed by atoms with Gasteiger partial charge in [-0.2, -0.15) is 15.6 Å². The quantitative estimate of drug-likeness (QED) is 0.125. The summed E-state index contributed by atoms with van der Waals surface area (Å²) in [6.45, 7) is 8.18. The van der Waals surface area contributed by atoms with E-state index in [-0.39, 0.29) is 19.9 Å². The van der Waals surface area contributed by atoms with Crippen molar-refractivity contribution in [3.8, 4) is 28.4 Å². The standard InChI is InChI=1S/C31H36ClN4O6SSi/c1-43(38)35-20-10-11-21(22(14-20)19-8-6-5-7-9-19)27-23(32)15-24-30(34-27)36(18-39-12-13-44(2,3)4)31(33-24)42-26-17-41-28-25(37)16-40-29(26)28/h5-11,14-15,25-26,28-29,37H,12-13,16-18H2,1-4H3/q-1/t25-,26-,28-,29-/m1/s1. The van der Waals surface area contributed by atoms with Gasteiger partial charge in [-0.15, -0.1) is 6.26 Å². The molecule has 2 aromatic heterocycles. The molecular formula is C31H36ClN4O6SSi-. The van der Waals surface area contributed by atoms with Crippen LogP contribution in [-0.2, 0) is 35.7 Å². The third-order valence-electron chi connectivity index (χ3n) is 7.67. The molecule has 0 amide bonds. The van der Waals surface area contributed by atoms with Crippen molar-refractivity contribution in [2.45, 2.75) is 56.8 Å². The van der Waals surface area contributed by atoms with Crippen molar-refractivity contribution in [1.82, 2.24) is 14.5 Å². The average Bonchev–Trinajstić information content (AvgIpc) is 3.65. The number of nitrogens with zero attached hydrogens (tertiary/aromatic N) is 4. The van der Waals surface area contributed by atoms with Gasteiger partial charge >= 0.3 is 6.01 Å². The van der Waals surface area contributed by atoms with E-state index in [4.69, 9.17) is 40.5 Å². The summed E-state index contributed by atoms with van der Waals surface area (Å²) in [6, 6.07) is 18.6. The topological polar surface area (TPSA) is 117 Å². The minimum Gasteiger partial charge on any atom is -0.456 e. The van der Waals surface area contributed by atoms with Crippen LogP contribution in [0, 0.1) is 0 Å². The molecule has 6 rings (SSSR count). The Labute approximate surface area is 264 Å². The number of benzene rings is 2. The molecule has 4 atom stereocenters. The Morgan fingerprint density at radius 2 is 1.84 bits per heavy atom. The maximum atomic E-state index is 11.9. The van der Waals surface area contributed by atoms with E-state index < -0.39 is 43.1 Å². The fourth-order valence-electron chi connectivity index (χ4n) is 5.41. The first kappa shape index (κ1) is 31.2. The predicted molar refractivity (Wildman–Crippen MR) is 173 cm³/mol. The molecule has 2 fully saturated rings. The van der Waals surface area contributed by atoms with Crippen molar-refractivity contribution in [3.05, 3.63) is 59.6 Å². The molecule has 0 saturated carbocycles. The van der Waals surface area contributed by atoms with Gasteiger partial charge in [0.1, 0.15) is 30.6 Å². The Hall–Kier alpha value is -2.84. The molecule has 44 heavy (non-hydrogen) atoms. The van der Waals surface area contributed by atoms with Gasteiger partial charge in [0.05, 0.1) is 23.9 Å². The summed E-state index contributed by atoms with van der Waals surface area (Å²) in [5, 5.41) is 10.6. The van der Waals surface area contributed by atoms with Gasteiger partial charge in [-0.05, 0) is 35.4 Å². The summed E-state index contributed by atoms with van der Waals surface area (Å²) in [5.41, 5.74) is 4.85. The van der Waals surface area contributed by atoms with Gasteiger partial charge in [0.15, 0.2) is 11.8 Å². The van der Waals surface area contributed by atoms with E-state index >= 15 is 0 Å². The number of aliphatic hydroxyl groups is 1. The summed E-state index contributed by atoms with van der Waals surface area (Å²) in [4.78, 5) is 9.81. The molecule has 4 aromatic rings. The van der Waals surface area contributed by atoms with Crippen LogP contribution < -0.4 is 4.74 Å². The van der Waals surface area contributed by atoms with E-state index in [1.54, 1.807) is 6.07 Å². The van der Waals surface area contributed by atoms with Crippen LogP contribution in [0.25, 0.3) is 33.5 Å². The third kappa shape index (κ3) is 6.71. The molecule has 1 N–H and O–H groups in total. The summed E-state index contributed by atoms with van der Waals surface area (Å²) >= 11 is 6.90. The SMILES string of the molecule is C[S-](=O)=Nc1ccc(-c2nc3c(cc2Cl)nc(O[C@@H]2CO[C@H]4[C@@H]2OC[C@H]4O)n3COCC[Si](C)(C)C)c(-c2ccccc2)c1. The number of aliphatic hydroxyl groups excluding tert-OH is 1. The monoisotopic (exact) mass is 655 g/mol. The van der Waals surface area contributed by atoms with Crippen molar-refractivity contribution >= 4 is 47.1 Å². The molecule has 0 bridgehead atoms. The van der Waals surface area contributed by atoms with Crippen molar-refractivity contribution in [1.29, 1.82) is 0 Å². The number of imidazole rings is 1. The Morgan fingerprint density at radius 3 is 2.59 bits per heavy atom. The molecule has 0 aliphatic carbocycles. The number of ether oxygens (including phenoxy) is 4. The highest BCUT2D eigenvalue weighted by molar-refractivity contribution is 7.74. The van der Waals surface area contributed by atoms with E-state index in [0.717, 1.165) is 22.7 Å². The summed E-state index contributed by atoms with van der Waals surface area (Å²) < 4.78 is 42.0. The fraction of sp³-hybridized carbons (Fsp3) is 0.419. The normalized spacial score (nSPS) is 22.5. The first-order valence-corrected chi connectivity index (χ1v) is 20.1. The van der Waals surface area contributed by atoms with Gasteiger partial charge in [-0.25, -0.2) is 4.98 Å². The molecule has 13 heteroatoms. The van der Waals surface area contributed by atoms with Crippen molar-refractivity contribution in [2.75, 3.05) is 26.1 Å². The highest BCUT2D eigenvalue weighted by Gasteiger charge is 2.49. The zero-order valence-corrected chi connectivity index (χ0v) is 27.7. The van der Waals surface area contributed by atoms with Gasteiger partial charge < -0.3 is 32.6 Å². The molecule has 10 nitrogen and oxygen atoms in total. The minimum atomic E-state index is -1.36. The molecule has 2 saturated heterocycles. The maximum Gasteiger partial charge on any atom is 0.301 e. The zero-order chi connectivity index (χ0) is 31.0. The smallest absolute Gasteiger partial charge is 0.301 e. The van der Waals surface area contributed by atoms with Crippen LogP contribution in [-0.4, -0.2) is 78.2 Å². The summed E-state index contributed by atoms with van der Waals surface area (Å²) in [7, 11) is -2.67. The number of pyridine rings is 1. The van der Waals surface area contributed by atoms with Crippen molar-refractivity contribution in [3.63, 3.8) is 0 Å². The molecular weight excluding hydrogens is 620 g/mol. The van der Waals surface area contributed by atoms with Crippen molar-refractivity contribution in [2.24, 2.45) is 4.36 Å². The van der Waals surface area contributed by atoms with Gasteiger partial charge in [0, 0.05) is 25.9 Å². The highest BCUT2D eigenvalue weighted by atomic mass is 35.5. The molecule has 0 radical (unpaired) electrons. The lowest BCUT2D eigenvalue weighted by Gasteiger charge is -2.19. The second kappa shape index (κ2) is 12.9. The summed E-state index contributed by atoms with van der Waals surface area (Å²) in [5.74, 6) is 0. The van der Waals surface area contributed by atoms with E-state index in [1.807, 2.05) is 53.1 Å². The minimum absolute atomic E-state index is 0.182. The average molecular weight is 656 g/mol. The number of rotatable bonds is 10. The number of halogens is 1. The molecule has 2 aliphatic rings. The Balaban J connectivity index is 1.42. The second-order valence-corrected chi connectivity index (χ2v) is 19.3. The van der Waals surface area contributed by atoms with E-state index in [2.05, 4.69) is 24.0 Å². The lowest BCUT2D eigenvalue weighted by molar-refractivity contribution is 0.00336. The van der Waals surface area contributed by atoms with Gasteiger partial charge in [-0.1, -0.05) is 67.6 Å². The van der Waals surface area contributed by atoms with Crippen LogP contribution in [0.1, 0.15) is 0 Å². The number of hydrogen-bond acceptors (Lipinski definition) is 10. The Bertz CT molecular complexity index is 1740. The number of fused-ring (bicyclic) bond motifs is 2. The number of aromatic nitrogens is 3. The number of hydrogen-bond donors (Lipinski definition) is 1. The predicted octanol–water partition coefficient (Wildman–Crippen LogP) is 6.05. The van der Waals surface area contributed by atoms with Crippen molar-refractivity contribution < 1.29 is 28.3 Å². The molecule has 4 heterocycles. The van der Waals surface area contributed by atoms with Crippen LogP contribution in [0.5, 0.6) is 6.01 Å². The van der Waals surface area contributed by atoms with Crippen LogP contribution >= 0.6 is 11.6 Å². The highest BCUT2D eigenvalue weighted by Crippen LogP contribution is 2.39. The van der Waals surface area contributed by atoms with Crippen LogP contribution in [0.4, 0.5) is 5.69 Å². The Kier molecular flexibility index (Phi) is 9.11. The fourth-order valence-corrected chi connectivity index (χ4v) is 6.83.